The van der Waals surface area contributed by atoms with Crippen LogP contribution in [0.5, 0.6) is 11.5 Å². The topological polar surface area (TPSA) is 76.6 Å². The van der Waals surface area contributed by atoms with Gasteiger partial charge in [0.1, 0.15) is 17.3 Å². The number of piperidine rings is 1. The second-order valence-electron chi connectivity index (χ2n) is 7.18. The van der Waals surface area contributed by atoms with Gasteiger partial charge in [-0.3, -0.25) is 9.78 Å². The summed E-state index contributed by atoms with van der Waals surface area (Å²) < 4.78 is 10.6. The van der Waals surface area contributed by atoms with E-state index in [4.69, 9.17) is 26.1 Å². The molecule has 156 valence electrons. The van der Waals surface area contributed by atoms with Crippen molar-refractivity contribution in [3.05, 3.63) is 47.6 Å². The molecule has 2 aromatic carbocycles. The molecule has 1 amide bonds. The summed E-state index contributed by atoms with van der Waals surface area (Å²) in [5, 5.41) is 3.37. The number of benzene rings is 2. The molecule has 0 radical (unpaired) electrons. The fourth-order valence-corrected chi connectivity index (χ4v) is 3.93. The summed E-state index contributed by atoms with van der Waals surface area (Å²) in [5.74, 6) is 1.52. The van der Waals surface area contributed by atoms with Gasteiger partial charge in [-0.15, -0.1) is 0 Å². The van der Waals surface area contributed by atoms with Crippen LogP contribution in [-0.4, -0.2) is 43.2 Å². The molecule has 0 bridgehead atoms. The molecule has 1 unspecified atom stereocenters. The van der Waals surface area contributed by atoms with Crippen LogP contribution in [0.2, 0.25) is 5.02 Å². The number of nitrogens with zero attached hydrogens (tertiary/aromatic N) is 3. The number of hydrogen-bond donors (Lipinski definition) is 1. The van der Waals surface area contributed by atoms with Crippen LogP contribution in [0.25, 0.3) is 11.0 Å². The standard InChI is InChI=1S/C22H23ClN4O3/c1-29-19-11-20(30-2)18(10-15(19)23)26-22(28)14-6-5-9-27(13-14)21-12-24-16-7-3-4-8-17(16)25-21/h3-4,7-8,10-12,14H,5-6,9,13H2,1-2H3,(H,26,28). The molecule has 1 N–H and O–H groups in total. The van der Waals surface area contributed by atoms with Crippen LogP contribution in [0.15, 0.2) is 42.6 Å². The molecule has 8 heteroatoms. The number of amides is 1. The number of nitrogens with one attached hydrogen (secondary N) is 1. The highest BCUT2D eigenvalue weighted by Crippen LogP contribution is 2.36. The summed E-state index contributed by atoms with van der Waals surface area (Å²) in [7, 11) is 3.07. The summed E-state index contributed by atoms with van der Waals surface area (Å²) in [6.45, 7) is 1.42. The third-order valence-electron chi connectivity index (χ3n) is 5.28. The predicted octanol–water partition coefficient (Wildman–Crippen LogP) is 4.16. The van der Waals surface area contributed by atoms with Crippen molar-refractivity contribution in [1.29, 1.82) is 0 Å². The van der Waals surface area contributed by atoms with E-state index >= 15 is 0 Å². The Morgan fingerprint density at radius 2 is 1.93 bits per heavy atom. The van der Waals surface area contributed by atoms with Crippen LogP contribution in [-0.2, 0) is 4.79 Å². The first-order valence-electron chi connectivity index (χ1n) is 9.78. The fourth-order valence-electron chi connectivity index (χ4n) is 3.69. The van der Waals surface area contributed by atoms with Crippen molar-refractivity contribution < 1.29 is 14.3 Å². The van der Waals surface area contributed by atoms with Gasteiger partial charge in [-0.1, -0.05) is 23.7 Å². The largest absolute Gasteiger partial charge is 0.495 e. The van der Waals surface area contributed by atoms with Crippen LogP contribution < -0.4 is 19.7 Å². The maximum Gasteiger partial charge on any atom is 0.229 e. The molecular formula is C22H23ClN4O3. The fraction of sp³-hybridized carbons (Fsp3) is 0.318. The lowest BCUT2D eigenvalue weighted by Gasteiger charge is -2.32. The summed E-state index contributed by atoms with van der Waals surface area (Å²) in [6.07, 6.45) is 3.47. The molecule has 2 heterocycles. The Hall–Kier alpha value is -3.06. The summed E-state index contributed by atoms with van der Waals surface area (Å²) >= 11 is 6.22. The SMILES string of the molecule is COc1cc(OC)c(NC(=O)C2CCCN(c3cnc4ccccc4n3)C2)cc1Cl. The quantitative estimate of drug-likeness (QED) is 0.660. The molecule has 1 saturated heterocycles. The maximum absolute atomic E-state index is 13.0. The molecule has 0 spiro atoms. The Bertz CT molecular complexity index is 1080. The van der Waals surface area contributed by atoms with Crippen molar-refractivity contribution in [2.75, 3.05) is 37.5 Å². The van der Waals surface area contributed by atoms with E-state index in [2.05, 4.69) is 15.2 Å². The molecule has 4 rings (SSSR count). The van der Waals surface area contributed by atoms with Crippen LogP contribution in [0, 0.1) is 5.92 Å². The second-order valence-corrected chi connectivity index (χ2v) is 7.59. The Morgan fingerprint density at radius 1 is 1.17 bits per heavy atom. The van der Waals surface area contributed by atoms with Gasteiger partial charge in [-0.05, 0) is 31.0 Å². The van der Waals surface area contributed by atoms with E-state index in [0.717, 1.165) is 36.2 Å². The number of carbonyl (C=O) groups is 1. The first kappa shape index (κ1) is 20.2. The van der Waals surface area contributed by atoms with Crippen molar-refractivity contribution in [3.63, 3.8) is 0 Å². The van der Waals surface area contributed by atoms with Gasteiger partial charge >= 0.3 is 0 Å². The van der Waals surface area contributed by atoms with E-state index in [1.807, 2.05) is 24.3 Å². The van der Waals surface area contributed by atoms with E-state index < -0.39 is 0 Å². The van der Waals surface area contributed by atoms with E-state index in [1.165, 1.54) is 7.11 Å². The monoisotopic (exact) mass is 426 g/mol. The van der Waals surface area contributed by atoms with Gasteiger partial charge in [0.25, 0.3) is 0 Å². The van der Waals surface area contributed by atoms with Gasteiger partial charge in [-0.25, -0.2) is 4.98 Å². The highest BCUT2D eigenvalue weighted by molar-refractivity contribution is 6.32. The zero-order valence-corrected chi connectivity index (χ0v) is 17.6. The van der Waals surface area contributed by atoms with Crippen LogP contribution in [0.4, 0.5) is 11.5 Å². The Labute approximate surface area is 180 Å². The smallest absolute Gasteiger partial charge is 0.229 e. The van der Waals surface area contributed by atoms with Gasteiger partial charge in [0, 0.05) is 19.2 Å². The number of rotatable bonds is 5. The van der Waals surface area contributed by atoms with E-state index in [1.54, 1.807) is 25.4 Å². The van der Waals surface area contributed by atoms with Gasteiger partial charge < -0.3 is 19.7 Å². The Morgan fingerprint density at radius 3 is 2.70 bits per heavy atom. The number of halogens is 1. The van der Waals surface area contributed by atoms with Gasteiger partial charge in [0.05, 0.1) is 48.1 Å². The second kappa shape index (κ2) is 8.75. The van der Waals surface area contributed by atoms with Crippen molar-refractivity contribution in [1.82, 2.24) is 9.97 Å². The average molecular weight is 427 g/mol. The lowest BCUT2D eigenvalue weighted by molar-refractivity contribution is -0.120. The van der Waals surface area contributed by atoms with Crippen LogP contribution >= 0.6 is 11.6 Å². The number of anilines is 2. The van der Waals surface area contributed by atoms with Crippen molar-refractivity contribution in [2.24, 2.45) is 5.92 Å². The van der Waals surface area contributed by atoms with E-state index in [0.29, 0.717) is 28.8 Å². The molecule has 3 aromatic rings. The number of fused-ring (bicyclic) bond motifs is 1. The van der Waals surface area contributed by atoms with Crippen molar-refractivity contribution >= 4 is 40.0 Å². The molecule has 1 aromatic heterocycles. The lowest BCUT2D eigenvalue weighted by Crippen LogP contribution is -2.41. The molecule has 1 atom stereocenters. The van der Waals surface area contributed by atoms with Crippen molar-refractivity contribution in [2.45, 2.75) is 12.8 Å². The zero-order valence-electron chi connectivity index (χ0n) is 16.9. The van der Waals surface area contributed by atoms with Crippen LogP contribution in [0.3, 0.4) is 0 Å². The maximum atomic E-state index is 13.0. The minimum Gasteiger partial charge on any atom is -0.495 e. The molecule has 7 nitrogen and oxygen atoms in total. The molecule has 1 aliphatic heterocycles. The molecule has 1 aliphatic rings. The summed E-state index contributed by atoms with van der Waals surface area (Å²) in [6, 6.07) is 11.1. The number of carbonyl (C=O) groups excluding carboxylic acids is 1. The Balaban J connectivity index is 1.50. The number of methoxy groups -OCH3 is 2. The minimum atomic E-state index is -0.183. The third-order valence-corrected chi connectivity index (χ3v) is 5.58. The van der Waals surface area contributed by atoms with Crippen LogP contribution in [0.1, 0.15) is 12.8 Å². The van der Waals surface area contributed by atoms with E-state index in [-0.39, 0.29) is 11.8 Å². The number of para-hydroxylation sites is 2. The number of aromatic nitrogens is 2. The molecule has 0 aliphatic carbocycles. The van der Waals surface area contributed by atoms with Gasteiger partial charge in [-0.2, -0.15) is 0 Å². The number of hydrogen-bond acceptors (Lipinski definition) is 6. The molecule has 30 heavy (non-hydrogen) atoms. The lowest BCUT2D eigenvalue weighted by atomic mass is 9.97. The van der Waals surface area contributed by atoms with Gasteiger partial charge in [0.15, 0.2) is 0 Å². The highest BCUT2D eigenvalue weighted by Gasteiger charge is 2.27. The van der Waals surface area contributed by atoms with E-state index in [9.17, 15) is 4.79 Å². The molecular weight excluding hydrogens is 404 g/mol. The normalized spacial score (nSPS) is 16.4. The predicted molar refractivity (Wildman–Crippen MR) is 118 cm³/mol. The summed E-state index contributed by atoms with van der Waals surface area (Å²) in [5.41, 5.74) is 2.23. The zero-order chi connectivity index (χ0) is 21.1. The first-order valence-corrected chi connectivity index (χ1v) is 10.2. The average Bonchev–Trinajstić information content (AvgIpc) is 2.79. The molecule has 0 saturated carbocycles. The minimum absolute atomic E-state index is 0.0759. The summed E-state index contributed by atoms with van der Waals surface area (Å²) in [4.78, 5) is 24.3. The Kier molecular flexibility index (Phi) is 5.90. The third kappa shape index (κ3) is 4.11. The molecule has 1 fully saturated rings. The first-order chi connectivity index (χ1) is 14.6. The highest BCUT2D eigenvalue weighted by atomic mass is 35.5. The van der Waals surface area contributed by atoms with Gasteiger partial charge in [0.2, 0.25) is 5.91 Å². The van der Waals surface area contributed by atoms with Crippen molar-refractivity contribution in [3.8, 4) is 11.5 Å². The number of ether oxygens (including phenoxy) is 2.